The van der Waals surface area contributed by atoms with Gasteiger partial charge in [-0.15, -0.1) is 0 Å². The molecule has 4 N–H and O–H groups in total. The maximum absolute atomic E-state index is 12.1. The van der Waals surface area contributed by atoms with Crippen LogP contribution < -0.4 is 11.1 Å². The normalized spacial score (nSPS) is 10.1. The molecule has 0 heterocycles. The quantitative estimate of drug-likeness (QED) is 0.340. The van der Waals surface area contributed by atoms with Gasteiger partial charge in [-0.3, -0.25) is 14.9 Å². The predicted octanol–water partition coefficient (Wildman–Crippen LogP) is 2.90. The lowest BCUT2D eigenvalue weighted by atomic mass is 10.2. The summed E-state index contributed by atoms with van der Waals surface area (Å²) in [5, 5.41) is 22.7. The number of nitrogen functional groups attached to an aromatic ring is 1. The van der Waals surface area contributed by atoms with Crippen LogP contribution in [0.15, 0.2) is 40.9 Å². The first-order valence-corrected chi connectivity index (χ1v) is 6.51. The van der Waals surface area contributed by atoms with Crippen LogP contribution in [0.25, 0.3) is 0 Å². The minimum absolute atomic E-state index is 0.0694. The zero-order chi connectivity index (χ0) is 15.6. The Bertz CT molecular complexity index is 733. The fourth-order valence-corrected chi connectivity index (χ4v) is 2.07. The van der Waals surface area contributed by atoms with Gasteiger partial charge in [-0.05, 0) is 40.2 Å². The molecule has 21 heavy (non-hydrogen) atoms. The van der Waals surface area contributed by atoms with Crippen LogP contribution in [0, 0.1) is 10.1 Å². The van der Waals surface area contributed by atoms with E-state index in [9.17, 15) is 20.0 Å². The van der Waals surface area contributed by atoms with E-state index in [2.05, 4.69) is 21.2 Å². The van der Waals surface area contributed by atoms with E-state index in [1.807, 2.05) is 0 Å². The highest BCUT2D eigenvalue weighted by molar-refractivity contribution is 9.10. The molecule has 0 spiro atoms. The number of phenols is 1. The van der Waals surface area contributed by atoms with Crippen LogP contribution in [0.5, 0.6) is 5.75 Å². The van der Waals surface area contributed by atoms with E-state index in [-0.39, 0.29) is 16.9 Å². The van der Waals surface area contributed by atoms with E-state index >= 15 is 0 Å². The highest BCUT2D eigenvalue weighted by atomic mass is 79.9. The number of nitrogens with one attached hydrogen (secondary N) is 1. The lowest BCUT2D eigenvalue weighted by Crippen LogP contribution is -2.13. The number of nitro benzene ring substituents is 1. The first-order valence-electron chi connectivity index (χ1n) is 5.72. The summed E-state index contributed by atoms with van der Waals surface area (Å²) >= 11 is 3.23. The van der Waals surface area contributed by atoms with Crippen molar-refractivity contribution in [1.29, 1.82) is 0 Å². The minimum Gasteiger partial charge on any atom is -0.506 e. The third-order valence-corrected chi connectivity index (χ3v) is 3.37. The molecule has 0 saturated heterocycles. The number of nitrogens with zero attached hydrogens (tertiary/aromatic N) is 1. The largest absolute Gasteiger partial charge is 0.506 e. The lowest BCUT2D eigenvalue weighted by Gasteiger charge is -2.09. The number of nitrogens with two attached hydrogens (primary N) is 1. The number of hydrogen-bond acceptors (Lipinski definition) is 5. The molecular weight excluding hydrogens is 342 g/mol. The number of aromatic hydroxyl groups is 1. The smallest absolute Gasteiger partial charge is 0.273 e. The number of rotatable bonds is 3. The van der Waals surface area contributed by atoms with E-state index in [1.54, 1.807) is 12.1 Å². The SMILES string of the molecule is Nc1ccc(Br)c(C(=O)Nc2ccc([N+](=O)[O-])cc2O)c1. The molecule has 0 radical (unpaired) electrons. The van der Waals surface area contributed by atoms with Gasteiger partial charge in [-0.2, -0.15) is 0 Å². The molecule has 0 aliphatic rings. The summed E-state index contributed by atoms with van der Waals surface area (Å²) in [6.45, 7) is 0. The number of halogens is 1. The Balaban J connectivity index is 2.27. The molecule has 0 atom stereocenters. The van der Waals surface area contributed by atoms with Crippen LogP contribution in [0.4, 0.5) is 17.1 Å². The summed E-state index contributed by atoms with van der Waals surface area (Å²) in [5.74, 6) is -0.893. The predicted molar refractivity (Wildman–Crippen MR) is 81.3 cm³/mol. The summed E-state index contributed by atoms with van der Waals surface area (Å²) < 4.78 is 0.538. The number of anilines is 2. The first kappa shape index (κ1) is 14.8. The second-order valence-corrected chi connectivity index (χ2v) is 5.01. The molecule has 2 aromatic rings. The Hall–Kier alpha value is -2.61. The Labute approximate surface area is 127 Å². The van der Waals surface area contributed by atoms with E-state index in [0.29, 0.717) is 10.2 Å². The number of benzene rings is 2. The second kappa shape index (κ2) is 5.80. The number of amides is 1. The van der Waals surface area contributed by atoms with Gasteiger partial charge in [0.05, 0.1) is 22.2 Å². The highest BCUT2D eigenvalue weighted by Gasteiger charge is 2.15. The summed E-state index contributed by atoms with van der Waals surface area (Å²) in [4.78, 5) is 22.1. The summed E-state index contributed by atoms with van der Waals surface area (Å²) in [7, 11) is 0. The standard InChI is InChI=1S/C13H10BrN3O4/c14-10-3-1-7(15)5-9(10)13(19)16-11-4-2-8(17(20)21)6-12(11)18/h1-6,18H,15H2,(H,16,19). The molecule has 1 amide bonds. The van der Waals surface area contributed by atoms with Crippen molar-refractivity contribution in [3.63, 3.8) is 0 Å². The summed E-state index contributed by atoms with van der Waals surface area (Å²) in [6, 6.07) is 8.13. The molecule has 2 aromatic carbocycles. The van der Waals surface area contributed by atoms with Crippen molar-refractivity contribution in [1.82, 2.24) is 0 Å². The van der Waals surface area contributed by atoms with Gasteiger partial charge in [-0.25, -0.2) is 0 Å². The fourth-order valence-electron chi connectivity index (χ4n) is 1.65. The van der Waals surface area contributed by atoms with Crippen molar-refractivity contribution in [2.24, 2.45) is 0 Å². The third-order valence-electron chi connectivity index (χ3n) is 2.68. The van der Waals surface area contributed by atoms with Gasteiger partial charge in [0.1, 0.15) is 5.75 Å². The molecular formula is C13H10BrN3O4. The lowest BCUT2D eigenvalue weighted by molar-refractivity contribution is -0.384. The number of carbonyl (C=O) groups excluding carboxylic acids is 1. The van der Waals surface area contributed by atoms with Crippen LogP contribution in [-0.4, -0.2) is 15.9 Å². The molecule has 0 unspecified atom stereocenters. The molecule has 8 heteroatoms. The molecule has 108 valence electrons. The topological polar surface area (TPSA) is 118 Å². The van der Waals surface area contributed by atoms with E-state index in [1.165, 1.54) is 18.2 Å². The molecule has 0 fully saturated rings. The van der Waals surface area contributed by atoms with Gasteiger partial charge in [0.2, 0.25) is 0 Å². The summed E-state index contributed by atoms with van der Waals surface area (Å²) in [6.07, 6.45) is 0. The van der Waals surface area contributed by atoms with Crippen LogP contribution in [0.3, 0.4) is 0 Å². The van der Waals surface area contributed by atoms with Gasteiger partial charge in [0.15, 0.2) is 0 Å². The maximum Gasteiger partial charge on any atom is 0.273 e. The average molecular weight is 352 g/mol. The first-order chi connectivity index (χ1) is 9.88. The van der Waals surface area contributed by atoms with Crippen molar-refractivity contribution in [3.8, 4) is 5.75 Å². The van der Waals surface area contributed by atoms with Crippen molar-refractivity contribution < 1.29 is 14.8 Å². The van der Waals surface area contributed by atoms with Crippen LogP contribution in [-0.2, 0) is 0 Å². The number of non-ortho nitro benzene ring substituents is 1. The zero-order valence-electron chi connectivity index (χ0n) is 10.5. The number of phenolic OH excluding ortho intramolecular Hbond substituents is 1. The molecule has 0 aliphatic heterocycles. The van der Waals surface area contributed by atoms with Gasteiger partial charge in [-0.1, -0.05) is 0 Å². The minimum atomic E-state index is -0.639. The van der Waals surface area contributed by atoms with Crippen molar-refractivity contribution >= 4 is 38.9 Å². The molecule has 0 bridgehead atoms. The van der Waals surface area contributed by atoms with Crippen LogP contribution in [0.1, 0.15) is 10.4 Å². The second-order valence-electron chi connectivity index (χ2n) is 4.15. The monoisotopic (exact) mass is 351 g/mol. The number of carbonyl (C=O) groups is 1. The van der Waals surface area contributed by atoms with Crippen molar-refractivity contribution in [2.45, 2.75) is 0 Å². The molecule has 0 aliphatic carbocycles. The summed E-state index contributed by atoms with van der Waals surface area (Å²) in [5.41, 5.74) is 6.12. The number of hydrogen-bond donors (Lipinski definition) is 3. The maximum atomic E-state index is 12.1. The van der Waals surface area contributed by atoms with Gasteiger partial charge in [0, 0.05) is 16.2 Å². The third kappa shape index (κ3) is 3.29. The average Bonchev–Trinajstić information content (AvgIpc) is 2.43. The Morgan fingerprint density at radius 2 is 2.00 bits per heavy atom. The molecule has 0 saturated carbocycles. The Morgan fingerprint density at radius 3 is 2.62 bits per heavy atom. The van der Waals surface area contributed by atoms with Crippen molar-refractivity contribution in [3.05, 3.63) is 56.5 Å². The zero-order valence-corrected chi connectivity index (χ0v) is 12.1. The van der Waals surface area contributed by atoms with E-state index in [4.69, 9.17) is 5.73 Å². The molecule has 0 aromatic heterocycles. The van der Waals surface area contributed by atoms with Crippen LogP contribution in [0.2, 0.25) is 0 Å². The van der Waals surface area contributed by atoms with Crippen molar-refractivity contribution in [2.75, 3.05) is 11.1 Å². The van der Waals surface area contributed by atoms with E-state index in [0.717, 1.165) is 6.07 Å². The Morgan fingerprint density at radius 1 is 1.29 bits per heavy atom. The highest BCUT2D eigenvalue weighted by Crippen LogP contribution is 2.29. The number of nitro groups is 1. The van der Waals surface area contributed by atoms with Gasteiger partial charge >= 0.3 is 0 Å². The van der Waals surface area contributed by atoms with Gasteiger partial charge in [0.25, 0.3) is 11.6 Å². The van der Waals surface area contributed by atoms with E-state index < -0.39 is 16.6 Å². The Kier molecular flexibility index (Phi) is 4.08. The molecule has 7 nitrogen and oxygen atoms in total. The molecule has 2 rings (SSSR count). The van der Waals surface area contributed by atoms with Crippen LogP contribution >= 0.6 is 15.9 Å². The van der Waals surface area contributed by atoms with Gasteiger partial charge < -0.3 is 16.2 Å². The fraction of sp³-hybridized carbons (Fsp3) is 0.